The van der Waals surface area contributed by atoms with E-state index in [-0.39, 0.29) is 23.1 Å². The van der Waals surface area contributed by atoms with Crippen LogP contribution in [-0.4, -0.2) is 53.2 Å². The molecule has 190 valence electrons. The number of amides is 1. The Labute approximate surface area is 211 Å². The Kier molecular flexibility index (Phi) is 8.05. The fourth-order valence-electron chi connectivity index (χ4n) is 4.90. The highest BCUT2D eigenvalue weighted by Crippen LogP contribution is 2.24. The van der Waals surface area contributed by atoms with Crippen LogP contribution >= 0.6 is 0 Å². The van der Waals surface area contributed by atoms with Crippen molar-refractivity contribution in [3.8, 4) is 5.69 Å². The summed E-state index contributed by atoms with van der Waals surface area (Å²) in [6, 6.07) is 19.6. The maximum Gasteiger partial charge on any atom is 0.335 e. The van der Waals surface area contributed by atoms with Gasteiger partial charge >= 0.3 is 5.69 Å². The highest BCUT2D eigenvalue weighted by atomic mass is 16.2. The van der Waals surface area contributed by atoms with Crippen molar-refractivity contribution < 1.29 is 4.79 Å². The van der Waals surface area contributed by atoms with Crippen molar-refractivity contribution >= 4 is 11.6 Å². The molecule has 1 amide bonds. The van der Waals surface area contributed by atoms with Gasteiger partial charge in [-0.1, -0.05) is 48.5 Å². The van der Waals surface area contributed by atoms with Crippen molar-refractivity contribution in [2.45, 2.75) is 26.3 Å². The zero-order valence-corrected chi connectivity index (χ0v) is 21.3. The Balaban J connectivity index is 1.36. The summed E-state index contributed by atoms with van der Waals surface area (Å²) in [6.45, 7) is 5.22. The molecule has 1 aliphatic heterocycles. The fourth-order valence-corrected chi connectivity index (χ4v) is 4.90. The molecule has 1 fully saturated rings. The first kappa shape index (κ1) is 25.4. The van der Waals surface area contributed by atoms with Crippen LogP contribution in [0, 0.1) is 12.8 Å². The van der Waals surface area contributed by atoms with Gasteiger partial charge in [-0.25, -0.2) is 4.79 Å². The van der Waals surface area contributed by atoms with Gasteiger partial charge in [0.05, 0.1) is 11.4 Å². The van der Waals surface area contributed by atoms with E-state index in [9.17, 15) is 14.4 Å². The summed E-state index contributed by atoms with van der Waals surface area (Å²) in [5.41, 5.74) is 2.47. The summed E-state index contributed by atoms with van der Waals surface area (Å²) in [6.07, 6.45) is 1.33. The highest BCUT2D eigenvalue weighted by Gasteiger charge is 2.28. The van der Waals surface area contributed by atoms with Gasteiger partial charge in [0.25, 0.3) is 5.56 Å². The molecule has 2 aromatic carbocycles. The molecule has 36 heavy (non-hydrogen) atoms. The number of anilines is 1. The van der Waals surface area contributed by atoms with Crippen molar-refractivity contribution in [3.05, 3.63) is 92.8 Å². The number of para-hydroxylation sites is 1. The second kappa shape index (κ2) is 11.4. The smallest absolute Gasteiger partial charge is 0.335 e. The van der Waals surface area contributed by atoms with E-state index in [1.165, 1.54) is 17.2 Å². The summed E-state index contributed by atoms with van der Waals surface area (Å²) in [4.78, 5) is 43.0. The minimum Gasteiger partial charge on any atom is -0.366 e. The van der Waals surface area contributed by atoms with Crippen molar-refractivity contribution in [2.75, 3.05) is 38.1 Å². The van der Waals surface area contributed by atoms with E-state index in [4.69, 9.17) is 0 Å². The first-order valence-electron chi connectivity index (χ1n) is 12.5. The van der Waals surface area contributed by atoms with Gasteiger partial charge in [0.15, 0.2) is 0 Å². The zero-order valence-electron chi connectivity index (χ0n) is 21.3. The largest absolute Gasteiger partial charge is 0.366 e. The molecule has 0 bridgehead atoms. The molecule has 0 atom stereocenters. The second-order valence-electron chi connectivity index (χ2n) is 9.53. The Bertz CT molecular complexity index is 1290. The molecule has 0 unspecified atom stereocenters. The molecule has 1 aromatic heterocycles. The first-order chi connectivity index (χ1) is 17.4. The van der Waals surface area contributed by atoms with Gasteiger partial charge in [-0.2, -0.15) is 0 Å². The minimum atomic E-state index is -0.362. The standard InChI is InChI=1S/C28H35N5O3/c1-21-25(27(35)31(3)28(36)33(21)24-12-8-5-9-13-24)32-17-14-23(15-18-32)26(34)29-16-19-30(2)20-22-10-6-4-7-11-22/h4-13,23H,14-20H2,1-3H3,(H,29,34). The van der Waals surface area contributed by atoms with Crippen LogP contribution in [0.2, 0.25) is 0 Å². The SMILES string of the molecule is Cc1c(N2CCC(C(=O)NCCN(C)Cc3ccccc3)CC2)c(=O)n(C)c(=O)n1-c1ccccc1. The average Bonchev–Trinajstić information content (AvgIpc) is 2.89. The van der Waals surface area contributed by atoms with Crippen molar-refractivity contribution in [1.82, 2.24) is 19.4 Å². The number of nitrogens with zero attached hydrogens (tertiary/aromatic N) is 4. The number of carbonyl (C=O) groups is 1. The maximum atomic E-state index is 13.1. The van der Waals surface area contributed by atoms with Gasteiger partial charge in [0.1, 0.15) is 5.69 Å². The minimum absolute atomic E-state index is 0.0710. The topological polar surface area (TPSA) is 79.6 Å². The quantitative estimate of drug-likeness (QED) is 0.525. The van der Waals surface area contributed by atoms with E-state index in [0.29, 0.717) is 43.9 Å². The van der Waals surface area contributed by atoms with Crippen molar-refractivity contribution in [1.29, 1.82) is 0 Å². The molecule has 0 spiro atoms. The van der Waals surface area contributed by atoms with E-state index < -0.39 is 0 Å². The van der Waals surface area contributed by atoms with Crippen LogP contribution in [0.5, 0.6) is 0 Å². The number of hydrogen-bond acceptors (Lipinski definition) is 5. The molecule has 1 aliphatic rings. The lowest BCUT2D eigenvalue weighted by atomic mass is 9.95. The van der Waals surface area contributed by atoms with E-state index in [1.54, 1.807) is 4.57 Å². The number of hydrogen-bond donors (Lipinski definition) is 1. The van der Waals surface area contributed by atoms with Gasteiger partial charge in [0.2, 0.25) is 5.91 Å². The Morgan fingerprint density at radius 3 is 2.25 bits per heavy atom. The lowest BCUT2D eigenvalue weighted by molar-refractivity contribution is -0.125. The number of piperidine rings is 1. The highest BCUT2D eigenvalue weighted by molar-refractivity contribution is 5.79. The maximum absolute atomic E-state index is 13.1. The predicted octanol–water partition coefficient (Wildman–Crippen LogP) is 2.31. The summed E-state index contributed by atoms with van der Waals surface area (Å²) in [5, 5.41) is 3.08. The second-order valence-corrected chi connectivity index (χ2v) is 9.53. The Morgan fingerprint density at radius 2 is 1.61 bits per heavy atom. The number of likely N-dealkylation sites (N-methyl/N-ethyl adjacent to an activating group) is 1. The van der Waals surface area contributed by atoms with Crippen LogP contribution in [0.25, 0.3) is 5.69 Å². The third kappa shape index (κ3) is 5.60. The summed E-state index contributed by atoms with van der Waals surface area (Å²) in [5.74, 6) is -0.00786. The predicted molar refractivity (Wildman–Crippen MR) is 143 cm³/mol. The Hall–Kier alpha value is -3.65. The molecule has 4 rings (SSSR count). The molecule has 0 radical (unpaired) electrons. The molecule has 8 heteroatoms. The number of aromatic nitrogens is 2. The van der Waals surface area contributed by atoms with E-state index in [2.05, 4.69) is 29.4 Å². The fraction of sp³-hybridized carbons (Fsp3) is 0.393. The van der Waals surface area contributed by atoms with E-state index >= 15 is 0 Å². The summed E-state index contributed by atoms with van der Waals surface area (Å²) in [7, 11) is 3.57. The van der Waals surface area contributed by atoms with Gasteiger partial charge in [-0.15, -0.1) is 0 Å². The monoisotopic (exact) mass is 489 g/mol. The number of carbonyl (C=O) groups excluding carboxylic acids is 1. The molecule has 3 aromatic rings. The molecular formula is C28H35N5O3. The van der Waals surface area contributed by atoms with Crippen LogP contribution < -0.4 is 21.5 Å². The van der Waals surface area contributed by atoms with Gasteiger partial charge < -0.3 is 15.1 Å². The number of rotatable bonds is 8. The Morgan fingerprint density at radius 1 is 1.00 bits per heavy atom. The van der Waals surface area contributed by atoms with Crippen LogP contribution in [0.15, 0.2) is 70.3 Å². The van der Waals surface area contributed by atoms with Crippen molar-refractivity contribution in [3.63, 3.8) is 0 Å². The van der Waals surface area contributed by atoms with E-state index in [1.807, 2.05) is 60.4 Å². The first-order valence-corrected chi connectivity index (χ1v) is 12.5. The zero-order chi connectivity index (χ0) is 25.7. The van der Waals surface area contributed by atoms with Gasteiger partial charge in [-0.05, 0) is 44.5 Å². The molecule has 0 aliphatic carbocycles. The third-order valence-electron chi connectivity index (χ3n) is 6.95. The molecule has 0 saturated carbocycles. The number of benzene rings is 2. The molecule has 8 nitrogen and oxygen atoms in total. The summed E-state index contributed by atoms with van der Waals surface area (Å²) >= 11 is 0. The lowest BCUT2D eigenvalue weighted by Gasteiger charge is -2.34. The van der Waals surface area contributed by atoms with Crippen molar-refractivity contribution in [2.24, 2.45) is 13.0 Å². The number of nitrogens with one attached hydrogen (secondary N) is 1. The average molecular weight is 490 g/mol. The van der Waals surface area contributed by atoms with Crippen LogP contribution in [0.3, 0.4) is 0 Å². The molecule has 2 heterocycles. The molecule has 1 N–H and O–H groups in total. The molecule has 1 saturated heterocycles. The van der Waals surface area contributed by atoms with E-state index in [0.717, 1.165) is 18.8 Å². The van der Waals surface area contributed by atoms with Gasteiger partial charge in [0, 0.05) is 45.7 Å². The van der Waals surface area contributed by atoms with Gasteiger partial charge in [-0.3, -0.25) is 18.7 Å². The molecular weight excluding hydrogens is 454 g/mol. The lowest BCUT2D eigenvalue weighted by Crippen LogP contribution is -2.47. The summed E-state index contributed by atoms with van der Waals surface area (Å²) < 4.78 is 2.75. The van der Waals surface area contributed by atoms with Crippen LogP contribution in [-0.2, 0) is 18.4 Å². The normalized spacial score (nSPS) is 14.3. The van der Waals surface area contributed by atoms with Crippen LogP contribution in [0.1, 0.15) is 24.1 Å². The van der Waals surface area contributed by atoms with Crippen LogP contribution in [0.4, 0.5) is 5.69 Å². The third-order valence-corrected chi connectivity index (χ3v) is 6.95.